The SMILES string of the molecule is CCNC(=O)N1CCC(c2noc(N)c2C)CC1. The summed E-state index contributed by atoms with van der Waals surface area (Å²) in [4.78, 5) is 13.5. The Hall–Kier alpha value is -1.72. The number of nitrogens with one attached hydrogen (secondary N) is 1. The molecular formula is C12H20N4O2. The number of piperidine rings is 1. The molecule has 0 aromatic carbocycles. The van der Waals surface area contributed by atoms with Gasteiger partial charge in [-0.2, -0.15) is 0 Å². The Bertz CT molecular complexity index is 422. The molecule has 1 fully saturated rings. The van der Waals surface area contributed by atoms with Crippen LogP contribution in [-0.2, 0) is 0 Å². The summed E-state index contributed by atoms with van der Waals surface area (Å²) in [6.07, 6.45) is 1.81. The molecule has 3 N–H and O–H groups in total. The number of carbonyl (C=O) groups excluding carboxylic acids is 1. The van der Waals surface area contributed by atoms with E-state index in [1.807, 2.05) is 18.7 Å². The number of amides is 2. The third-order valence-corrected chi connectivity index (χ3v) is 3.49. The molecule has 1 aliphatic heterocycles. The topological polar surface area (TPSA) is 84.4 Å². The standard InChI is InChI=1S/C12H20N4O2/c1-3-14-12(17)16-6-4-9(5-7-16)10-8(2)11(13)18-15-10/h9H,3-7,13H2,1-2H3,(H,14,17). The van der Waals surface area contributed by atoms with E-state index in [1.165, 1.54) is 0 Å². The summed E-state index contributed by atoms with van der Waals surface area (Å²) in [7, 11) is 0. The second kappa shape index (κ2) is 5.29. The molecule has 2 rings (SSSR count). The van der Waals surface area contributed by atoms with Crippen LogP contribution < -0.4 is 11.1 Å². The van der Waals surface area contributed by atoms with E-state index >= 15 is 0 Å². The van der Waals surface area contributed by atoms with E-state index in [1.54, 1.807) is 0 Å². The average molecular weight is 252 g/mol. The van der Waals surface area contributed by atoms with Crippen LogP contribution in [-0.4, -0.2) is 35.7 Å². The number of hydrogen-bond acceptors (Lipinski definition) is 4. The van der Waals surface area contributed by atoms with E-state index in [9.17, 15) is 4.79 Å². The first kappa shape index (κ1) is 12.7. The lowest BCUT2D eigenvalue weighted by atomic mass is 9.91. The predicted molar refractivity (Wildman–Crippen MR) is 68.3 cm³/mol. The molecule has 0 radical (unpaired) electrons. The van der Waals surface area contributed by atoms with E-state index in [4.69, 9.17) is 10.3 Å². The number of carbonyl (C=O) groups is 1. The molecular weight excluding hydrogens is 232 g/mol. The van der Waals surface area contributed by atoms with Crippen LogP contribution in [0.4, 0.5) is 10.7 Å². The van der Waals surface area contributed by atoms with E-state index < -0.39 is 0 Å². The van der Waals surface area contributed by atoms with Crippen LogP contribution in [0.2, 0.25) is 0 Å². The summed E-state index contributed by atoms with van der Waals surface area (Å²) in [6.45, 7) is 6.02. The van der Waals surface area contributed by atoms with Crippen LogP contribution in [0.5, 0.6) is 0 Å². The first-order chi connectivity index (χ1) is 8.63. The van der Waals surface area contributed by atoms with Crippen molar-refractivity contribution in [3.8, 4) is 0 Å². The molecule has 1 aromatic rings. The Morgan fingerprint density at radius 3 is 2.72 bits per heavy atom. The quantitative estimate of drug-likeness (QED) is 0.834. The van der Waals surface area contributed by atoms with Crippen molar-refractivity contribution in [1.29, 1.82) is 0 Å². The number of nitrogens with two attached hydrogens (primary N) is 1. The van der Waals surface area contributed by atoms with E-state index in [0.29, 0.717) is 18.3 Å². The van der Waals surface area contributed by atoms with Crippen molar-refractivity contribution in [2.75, 3.05) is 25.4 Å². The fourth-order valence-electron chi connectivity index (χ4n) is 2.36. The maximum Gasteiger partial charge on any atom is 0.317 e. The van der Waals surface area contributed by atoms with Gasteiger partial charge in [-0.25, -0.2) is 4.79 Å². The molecule has 0 atom stereocenters. The first-order valence-corrected chi connectivity index (χ1v) is 6.37. The van der Waals surface area contributed by atoms with E-state index in [0.717, 1.165) is 37.2 Å². The first-order valence-electron chi connectivity index (χ1n) is 6.37. The predicted octanol–water partition coefficient (Wildman–Crippen LogP) is 1.47. The summed E-state index contributed by atoms with van der Waals surface area (Å²) in [5.74, 6) is 0.743. The van der Waals surface area contributed by atoms with Crippen molar-refractivity contribution in [2.24, 2.45) is 0 Å². The van der Waals surface area contributed by atoms with E-state index in [-0.39, 0.29) is 6.03 Å². The maximum atomic E-state index is 11.7. The van der Waals surface area contributed by atoms with Crippen molar-refractivity contribution in [2.45, 2.75) is 32.6 Å². The minimum Gasteiger partial charge on any atom is -0.367 e. The molecule has 2 amide bonds. The highest BCUT2D eigenvalue weighted by molar-refractivity contribution is 5.74. The van der Waals surface area contributed by atoms with Gasteiger partial charge in [0, 0.05) is 31.1 Å². The van der Waals surface area contributed by atoms with Gasteiger partial charge in [-0.3, -0.25) is 0 Å². The van der Waals surface area contributed by atoms with Gasteiger partial charge in [-0.05, 0) is 26.7 Å². The summed E-state index contributed by atoms with van der Waals surface area (Å²) in [5, 5.41) is 6.84. The lowest BCUT2D eigenvalue weighted by Gasteiger charge is -2.31. The molecule has 0 aliphatic carbocycles. The largest absolute Gasteiger partial charge is 0.367 e. The average Bonchev–Trinajstić information content (AvgIpc) is 2.71. The third kappa shape index (κ3) is 2.42. The van der Waals surface area contributed by atoms with Crippen LogP contribution in [0.3, 0.4) is 0 Å². The number of anilines is 1. The summed E-state index contributed by atoms with van der Waals surface area (Å²) >= 11 is 0. The van der Waals surface area contributed by atoms with Crippen molar-refractivity contribution >= 4 is 11.9 Å². The number of urea groups is 1. The highest BCUT2D eigenvalue weighted by atomic mass is 16.5. The molecule has 0 bridgehead atoms. The van der Waals surface area contributed by atoms with Gasteiger partial charge in [0.25, 0.3) is 0 Å². The Kier molecular flexibility index (Phi) is 3.74. The monoisotopic (exact) mass is 252 g/mol. The van der Waals surface area contributed by atoms with Gasteiger partial charge in [0.05, 0.1) is 5.69 Å². The Balaban J connectivity index is 1.94. The van der Waals surface area contributed by atoms with Gasteiger partial charge in [0.15, 0.2) is 0 Å². The maximum absolute atomic E-state index is 11.7. The number of hydrogen-bond donors (Lipinski definition) is 2. The van der Waals surface area contributed by atoms with Crippen LogP contribution in [0.25, 0.3) is 0 Å². The van der Waals surface area contributed by atoms with Gasteiger partial charge in [-0.15, -0.1) is 0 Å². The summed E-state index contributed by atoms with van der Waals surface area (Å²) in [6, 6.07) is 0.0207. The number of rotatable bonds is 2. The number of likely N-dealkylation sites (tertiary alicyclic amines) is 1. The molecule has 18 heavy (non-hydrogen) atoms. The lowest BCUT2D eigenvalue weighted by molar-refractivity contribution is 0.181. The van der Waals surface area contributed by atoms with Gasteiger partial charge in [0.2, 0.25) is 5.88 Å². The fourth-order valence-corrected chi connectivity index (χ4v) is 2.36. The smallest absolute Gasteiger partial charge is 0.317 e. The van der Waals surface area contributed by atoms with Crippen LogP contribution in [0.1, 0.15) is 36.9 Å². The second-order valence-corrected chi connectivity index (χ2v) is 4.65. The van der Waals surface area contributed by atoms with Gasteiger partial charge < -0.3 is 20.5 Å². The third-order valence-electron chi connectivity index (χ3n) is 3.49. The van der Waals surface area contributed by atoms with Crippen LogP contribution >= 0.6 is 0 Å². The molecule has 1 aromatic heterocycles. The van der Waals surface area contributed by atoms with Crippen LogP contribution in [0.15, 0.2) is 4.52 Å². The molecule has 0 saturated carbocycles. The molecule has 6 nitrogen and oxygen atoms in total. The Labute approximate surface area is 106 Å². The zero-order valence-electron chi connectivity index (χ0n) is 10.9. The minimum atomic E-state index is 0.0207. The minimum absolute atomic E-state index is 0.0207. The lowest BCUT2D eigenvalue weighted by Crippen LogP contribution is -2.44. The van der Waals surface area contributed by atoms with Crippen molar-refractivity contribution < 1.29 is 9.32 Å². The van der Waals surface area contributed by atoms with Gasteiger partial charge >= 0.3 is 6.03 Å². The zero-order chi connectivity index (χ0) is 13.1. The molecule has 6 heteroatoms. The normalized spacial score (nSPS) is 16.9. The Morgan fingerprint density at radius 2 is 2.22 bits per heavy atom. The van der Waals surface area contributed by atoms with E-state index in [2.05, 4.69) is 10.5 Å². The van der Waals surface area contributed by atoms with Crippen LogP contribution in [0, 0.1) is 6.92 Å². The zero-order valence-corrected chi connectivity index (χ0v) is 10.9. The molecule has 0 unspecified atom stereocenters. The number of aromatic nitrogens is 1. The fraction of sp³-hybridized carbons (Fsp3) is 0.667. The summed E-state index contributed by atoms with van der Waals surface area (Å²) in [5.41, 5.74) is 7.54. The highest BCUT2D eigenvalue weighted by Gasteiger charge is 2.27. The van der Waals surface area contributed by atoms with Crippen molar-refractivity contribution in [1.82, 2.24) is 15.4 Å². The van der Waals surface area contributed by atoms with Crippen molar-refractivity contribution in [3.05, 3.63) is 11.3 Å². The summed E-state index contributed by atoms with van der Waals surface area (Å²) < 4.78 is 5.00. The molecule has 100 valence electrons. The molecule has 1 saturated heterocycles. The number of nitrogens with zero attached hydrogens (tertiary/aromatic N) is 2. The Morgan fingerprint density at radius 1 is 1.56 bits per heavy atom. The van der Waals surface area contributed by atoms with Gasteiger partial charge in [0.1, 0.15) is 0 Å². The van der Waals surface area contributed by atoms with Crippen molar-refractivity contribution in [3.63, 3.8) is 0 Å². The molecule has 1 aliphatic rings. The number of nitrogen functional groups attached to an aromatic ring is 1. The van der Waals surface area contributed by atoms with Gasteiger partial charge in [-0.1, -0.05) is 5.16 Å². The molecule has 2 heterocycles. The highest BCUT2D eigenvalue weighted by Crippen LogP contribution is 2.31. The second-order valence-electron chi connectivity index (χ2n) is 4.65. The molecule has 0 spiro atoms.